The van der Waals surface area contributed by atoms with Gasteiger partial charge in [-0.25, -0.2) is 0 Å². The minimum absolute atomic E-state index is 0.0168. The first-order valence-electron chi connectivity index (χ1n) is 13.3. The maximum absolute atomic E-state index is 13.3. The Balaban J connectivity index is 0.000000719. The highest BCUT2D eigenvalue weighted by molar-refractivity contribution is 5.99. The Bertz CT molecular complexity index is 1570. The summed E-state index contributed by atoms with van der Waals surface area (Å²) in [6, 6.07) is 23.5. The Morgan fingerprint density at radius 3 is 2.12 bits per heavy atom. The van der Waals surface area contributed by atoms with Crippen LogP contribution in [0.25, 0.3) is 10.9 Å². The summed E-state index contributed by atoms with van der Waals surface area (Å²) in [5.41, 5.74) is 11.0. The molecule has 4 aromatic rings. The van der Waals surface area contributed by atoms with Crippen molar-refractivity contribution in [1.82, 2.24) is 14.4 Å². The molecule has 5 N–H and O–H groups in total. The predicted octanol–water partition coefficient (Wildman–Crippen LogP) is 2.96. The van der Waals surface area contributed by atoms with E-state index in [4.69, 9.17) is 35.7 Å². The van der Waals surface area contributed by atoms with E-state index in [-0.39, 0.29) is 11.7 Å². The second kappa shape index (κ2) is 15.2. The van der Waals surface area contributed by atoms with Gasteiger partial charge in [-0.15, -0.1) is 0 Å². The fourth-order valence-corrected chi connectivity index (χ4v) is 4.09. The van der Waals surface area contributed by atoms with Gasteiger partial charge in [0.15, 0.2) is 0 Å². The SMILES string of the molecule is CC(=O)O.CC(=O)[O-].COc1ccc2c(c1)cc(C(=O)NCc1ccc([N+](C)(C)C)cc1)n2Cc1cccc(C(=N)N)c1. The van der Waals surface area contributed by atoms with E-state index in [0.29, 0.717) is 24.3 Å². The van der Waals surface area contributed by atoms with Crippen molar-refractivity contribution in [3.05, 3.63) is 95.2 Å². The number of fused-ring (bicyclic) bond motifs is 1. The van der Waals surface area contributed by atoms with Gasteiger partial charge in [0.2, 0.25) is 0 Å². The molecule has 11 nitrogen and oxygen atoms in total. The van der Waals surface area contributed by atoms with Crippen molar-refractivity contribution in [3.8, 4) is 5.75 Å². The van der Waals surface area contributed by atoms with Crippen LogP contribution in [0.4, 0.5) is 5.69 Å². The highest BCUT2D eigenvalue weighted by atomic mass is 16.5. The summed E-state index contributed by atoms with van der Waals surface area (Å²) in [4.78, 5) is 31.2. The highest BCUT2D eigenvalue weighted by Gasteiger charge is 2.17. The van der Waals surface area contributed by atoms with E-state index in [1.54, 1.807) is 7.11 Å². The van der Waals surface area contributed by atoms with Gasteiger partial charge in [0.1, 0.15) is 23.0 Å². The van der Waals surface area contributed by atoms with Crippen LogP contribution in [-0.2, 0) is 22.7 Å². The molecule has 0 atom stereocenters. The fraction of sp³-hybridized carbons (Fsp3) is 0.250. The second-order valence-electron chi connectivity index (χ2n) is 10.5. The molecule has 0 aliphatic heterocycles. The average molecular weight is 590 g/mol. The molecule has 228 valence electrons. The van der Waals surface area contributed by atoms with E-state index >= 15 is 0 Å². The molecule has 0 unspecified atom stereocenters. The van der Waals surface area contributed by atoms with Gasteiger partial charge < -0.3 is 35.4 Å². The Kier molecular flexibility index (Phi) is 12.0. The zero-order chi connectivity index (χ0) is 32.3. The van der Waals surface area contributed by atoms with E-state index < -0.39 is 11.9 Å². The molecule has 0 fully saturated rings. The molecule has 0 saturated carbocycles. The van der Waals surface area contributed by atoms with Crippen LogP contribution >= 0.6 is 0 Å². The van der Waals surface area contributed by atoms with Gasteiger partial charge in [-0.05, 0) is 60.5 Å². The molecular weight excluding hydrogens is 550 g/mol. The van der Waals surface area contributed by atoms with Crippen molar-refractivity contribution >= 4 is 40.3 Å². The monoisotopic (exact) mass is 589 g/mol. The quantitative estimate of drug-likeness (QED) is 0.139. The first-order chi connectivity index (χ1) is 20.1. The Morgan fingerprint density at radius 1 is 0.977 bits per heavy atom. The molecule has 0 radical (unpaired) electrons. The van der Waals surface area contributed by atoms with Crippen LogP contribution in [0.2, 0.25) is 0 Å². The molecule has 11 heteroatoms. The Morgan fingerprint density at radius 2 is 1.58 bits per heavy atom. The number of nitrogens with zero attached hydrogens (tertiary/aromatic N) is 2. The number of nitrogens with two attached hydrogens (primary N) is 1. The van der Waals surface area contributed by atoms with Crippen LogP contribution in [0.1, 0.15) is 41.0 Å². The first-order valence-corrected chi connectivity index (χ1v) is 13.3. The maximum Gasteiger partial charge on any atom is 0.300 e. The summed E-state index contributed by atoms with van der Waals surface area (Å²) in [7, 11) is 7.99. The summed E-state index contributed by atoms with van der Waals surface area (Å²) in [5, 5.41) is 28.0. The molecule has 1 heterocycles. The van der Waals surface area contributed by atoms with Gasteiger partial charge in [0.25, 0.3) is 11.9 Å². The third-order valence-corrected chi connectivity index (χ3v) is 6.08. The average Bonchev–Trinajstić information content (AvgIpc) is 3.28. The fourth-order valence-electron chi connectivity index (χ4n) is 4.09. The van der Waals surface area contributed by atoms with Crippen molar-refractivity contribution in [2.24, 2.45) is 5.73 Å². The minimum atomic E-state index is -1.08. The number of benzene rings is 3. The summed E-state index contributed by atoms with van der Waals surface area (Å²) < 4.78 is 8.11. The number of nitrogens with one attached hydrogen (secondary N) is 2. The lowest BCUT2D eigenvalue weighted by molar-refractivity contribution is -0.302. The van der Waals surface area contributed by atoms with Gasteiger partial charge in [-0.1, -0.05) is 30.3 Å². The van der Waals surface area contributed by atoms with Gasteiger partial charge in [-0.3, -0.25) is 19.5 Å². The van der Waals surface area contributed by atoms with E-state index in [9.17, 15) is 4.79 Å². The van der Waals surface area contributed by atoms with Crippen LogP contribution in [-0.4, -0.2) is 61.6 Å². The number of aromatic nitrogens is 1. The number of methoxy groups -OCH3 is 1. The number of aliphatic carboxylic acids is 2. The van der Waals surface area contributed by atoms with E-state index in [0.717, 1.165) is 46.1 Å². The molecule has 4 rings (SSSR count). The first kappa shape index (κ1) is 34.0. The summed E-state index contributed by atoms with van der Waals surface area (Å²) >= 11 is 0. The molecule has 0 aliphatic carbocycles. The van der Waals surface area contributed by atoms with Crippen molar-refractivity contribution in [2.75, 3.05) is 28.3 Å². The van der Waals surface area contributed by atoms with Crippen molar-refractivity contribution in [1.29, 1.82) is 5.41 Å². The van der Waals surface area contributed by atoms with Crippen LogP contribution in [0.3, 0.4) is 0 Å². The summed E-state index contributed by atoms with van der Waals surface area (Å²) in [5.74, 6) is -1.32. The number of ether oxygens (including phenoxy) is 1. The van der Waals surface area contributed by atoms with E-state index in [1.807, 2.05) is 65.2 Å². The number of carbonyl (C=O) groups excluding carboxylic acids is 2. The number of carboxylic acid groups (broad SMARTS) is 2. The molecule has 0 saturated heterocycles. The summed E-state index contributed by atoms with van der Waals surface area (Å²) in [6.45, 7) is 2.96. The summed E-state index contributed by atoms with van der Waals surface area (Å²) in [6.07, 6.45) is 0. The smallest absolute Gasteiger partial charge is 0.300 e. The van der Waals surface area contributed by atoms with Gasteiger partial charge >= 0.3 is 0 Å². The van der Waals surface area contributed by atoms with Crippen LogP contribution in [0.15, 0.2) is 72.8 Å². The molecule has 0 spiro atoms. The molecule has 43 heavy (non-hydrogen) atoms. The number of quaternary nitrogens is 1. The molecule has 3 aromatic carbocycles. The maximum atomic E-state index is 13.3. The van der Waals surface area contributed by atoms with Crippen LogP contribution in [0.5, 0.6) is 5.75 Å². The third-order valence-electron chi connectivity index (χ3n) is 6.08. The van der Waals surface area contributed by atoms with Crippen molar-refractivity contribution in [3.63, 3.8) is 0 Å². The standard InChI is InChI=1S/C28H31N5O2.2C2H4O2/c1-33(2,3)23-10-8-19(9-11-23)17-31-28(34)26-16-22-15-24(35-4)12-13-25(22)32(26)18-20-6-5-7-21(14-20)27(29)30;2*1-2(3)4/h5-16H,17-18H2,1-4H3,(H3-,29,30,31,34);2*1H3,(H,3,4). The van der Waals surface area contributed by atoms with Crippen molar-refractivity contribution < 1.29 is 29.3 Å². The topological polar surface area (TPSA) is 171 Å². The lowest BCUT2D eigenvalue weighted by Gasteiger charge is -2.23. The third kappa shape index (κ3) is 10.6. The lowest BCUT2D eigenvalue weighted by Crippen LogP contribution is -2.34. The number of nitrogen functional groups attached to an aromatic ring is 1. The Labute approximate surface area is 251 Å². The molecule has 1 amide bonds. The number of rotatable bonds is 8. The van der Waals surface area contributed by atoms with Crippen molar-refractivity contribution in [2.45, 2.75) is 26.9 Å². The number of carbonyl (C=O) groups is 3. The molecule has 0 aliphatic rings. The van der Waals surface area contributed by atoms with Gasteiger partial charge in [0, 0.05) is 42.4 Å². The zero-order valence-electron chi connectivity index (χ0n) is 25.3. The number of carboxylic acids is 2. The number of hydrogen-bond donors (Lipinski definition) is 4. The van der Waals surface area contributed by atoms with Gasteiger partial charge in [0.05, 0.1) is 28.3 Å². The van der Waals surface area contributed by atoms with Crippen LogP contribution in [0, 0.1) is 5.41 Å². The van der Waals surface area contributed by atoms with Crippen LogP contribution < -0.4 is 25.4 Å². The zero-order valence-corrected chi connectivity index (χ0v) is 25.3. The number of amidine groups is 1. The number of hydrogen-bond acceptors (Lipinski definition) is 6. The van der Waals surface area contributed by atoms with E-state index in [2.05, 4.69) is 38.6 Å². The number of amides is 1. The normalized spacial score (nSPS) is 10.5. The largest absolute Gasteiger partial charge is 0.550 e. The molecular formula is C32H39N5O6. The predicted molar refractivity (Wildman–Crippen MR) is 166 cm³/mol. The van der Waals surface area contributed by atoms with E-state index in [1.165, 1.54) is 5.69 Å². The minimum Gasteiger partial charge on any atom is -0.550 e. The highest BCUT2D eigenvalue weighted by Crippen LogP contribution is 2.26. The molecule has 1 aromatic heterocycles. The van der Waals surface area contributed by atoms with Gasteiger partial charge in [-0.2, -0.15) is 0 Å². The second-order valence-corrected chi connectivity index (χ2v) is 10.5. The lowest BCUT2D eigenvalue weighted by atomic mass is 10.1. The Hall–Kier alpha value is -5.16. The molecule has 0 bridgehead atoms.